The van der Waals surface area contributed by atoms with Gasteiger partial charge in [0, 0.05) is 11.1 Å². The van der Waals surface area contributed by atoms with E-state index in [2.05, 4.69) is 41.6 Å². The molecule has 0 spiro atoms. The summed E-state index contributed by atoms with van der Waals surface area (Å²) in [7, 11) is 0. The van der Waals surface area contributed by atoms with E-state index in [0.29, 0.717) is 13.1 Å². The number of aryl methyl sites for hydroxylation is 2. The summed E-state index contributed by atoms with van der Waals surface area (Å²) in [6.45, 7) is 7.18. The molecule has 0 aliphatic heterocycles. The second-order valence-corrected chi connectivity index (χ2v) is 5.99. The second kappa shape index (κ2) is 6.93. The molecule has 0 saturated heterocycles. The Morgan fingerprint density at radius 3 is 2.54 bits per heavy atom. The summed E-state index contributed by atoms with van der Waals surface area (Å²) >= 11 is 0. The molecule has 0 atom stereocenters. The maximum absolute atomic E-state index is 9.17. The molecule has 2 N–H and O–H groups in total. The van der Waals surface area contributed by atoms with Crippen LogP contribution in [0.5, 0.6) is 0 Å². The van der Waals surface area contributed by atoms with Gasteiger partial charge in [-0.05, 0) is 32.9 Å². The Hall–Kier alpha value is -2.53. The topological polar surface area (TPSA) is 63.2 Å². The molecule has 0 aliphatic carbocycles. The van der Waals surface area contributed by atoms with Crippen molar-refractivity contribution >= 4 is 5.82 Å². The number of furan rings is 1. The largest absolute Gasteiger partial charge is 0.459 e. The molecule has 3 rings (SSSR count). The average molecular weight is 325 g/mol. The van der Waals surface area contributed by atoms with E-state index in [9.17, 15) is 5.11 Å². The van der Waals surface area contributed by atoms with Crippen LogP contribution in [0.15, 0.2) is 40.8 Å². The zero-order valence-corrected chi connectivity index (χ0v) is 14.3. The van der Waals surface area contributed by atoms with E-state index in [1.54, 1.807) is 4.68 Å². The lowest BCUT2D eigenvalue weighted by Gasteiger charge is -2.09. The lowest BCUT2D eigenvalue weighted by atomic mass is 10.1. The van der Waals surface area contributed by atoms with E-state index >= 15 is 0 Å². The quantitative estimate of drug-likeness (QED) is 0.726. The fourth-order valence-electron chi connectivity index (χ4n) is 2.67. The molecule has 5 heteroatoms. The summed E-state index contributed by atoms with van der Waals surface area (Å²) < 4.78 is 7.74. The second-order valence-electron chi connectivity index (χ2n) is 5.99. The first kappa shape index (κ1) is 16.3. The van der Waals surface area contributed by atoms with Gasteiger partial charge in [0.15, 0.2) is 0 Å². The molecule has 0 fully saturated rings. The minimum absolute atomic E-state index is 0.0631. The van der Waals surface area contributed by atoms with Gasteiger partial charge in [0.2, 0.25) is 0 Å². The Morgan fingerprint density at radius 1 is 1.08 bits per heavy atom. The Morgan fingerprint density at radius 2 is 1.83 bits per heavy atom. The van der Waals surface area contributed by atoms with E-state index in [0.717, 1.165) is 34.2 Å². The van der Waals surface area contributed by atoms with Crippen LogP contribution in [0.2, 0.25) is 0 Å². The number of anilines is 1. The number of aliphatic hydroxyl groups excluding tert-OH is 1. The lowest BCUT2D eigenvalue weighted by Crippen LogP contribution is -2.10. The van der Waals surface area contributed by atoms with Crippen molar-refractivity contribution in [1.29, 1.82) is 0 Å². The summed E-state index contributed by atoms with van der Waals surface area (Å²) in [6, 6.07) is 12.3. The number of hydrogen-bond donors (Lipinski definition) is 2. The highest BCUT2D eigenvalue weighted by Gasteiger charge is 2.12. The van der Waals surface area contributed by atoms with Crippen molar-refractivity contribution in [2.24, 2.45) is 0 Å². The molecule has 24 heavy (non-hydrogen) atoms. The average Bonchev–Trinajstić information content (AvgIpc) is 3.13. The maximum atomic E-state index is 9.17. The van der Waals surface area contributed by atoms with Crippen molar-refractivity contribution in [3.05, 3.63) is 59.0 Å². The van der Waals surface area contributed by atoms with Gasteiger partial charge in [-0.1, -0.05) is 29.8 Å². The number of nitrogens with one attached hydrogen (secondary N) is 1. The Bertz CT molecular complexity index is 816. The van der Waals surface area contributed by atoms with Crippen LogP contribution < -0.4 is 5.32 Å². The molecule has 1 aromatic carbocycles. The van der Waals surface area contributed by atoms with Crippen LogP contribution in [0, 0.1) is 20.8 Å². The van der Waals surface area contributed by atoms with Gasteiger partial charge in [0.05, 0.1) is 25.4 Å². The molecule has 0 aliphatic rings. The van der Waals surface area contributed by atoms with Crippen molar-refractivity contribution in [3.8, 4) is 11.3 Å². The molecule has 5 nitrogen and oxygen atoms in total. The van der Waals surface area contributed by atoms with Crippen LogP contribution >= 0.6 is 0 Å². The number of rotatable bonds is 6. The first-order valence-electron chi connectivity index (χ1n) is 8.13. The van der Waals surface area contributed by atoms with Crippen molar-refractivity contribution in [3.63, 3.8) is 0 Å². The number of benzene rings is 1. The van der Waals surface area contributed by atoms with Crippen LogP contribution in [0.4, 0.5) is 5.82 Å². The van der Waals surface area contributed by atoms with Crippen molar-refractivity contribution in [2.75, 3.05) is 11.9 Å². The highest BCUT2D eigenvalue weighted by molar-refractivity contribution is 5.58. The van der Waals surface area contributed by atoms with Crippen LogP contribution in [-0.4, -0.2) is 21.5 Å². The molecule has 0 unspecified atom stereocenters. The zero-order chi connectivity index (χ0) is 17.1. The van der Waals surface area contributed by atoms with E-state index < -0.39 is 0 Å². The predicted octanol–water partition coefficient (Wildman–Crippen LogP) is 3.67. The molecule has 0 amide bonds. The third kappa shape index (κ3) is 3.36. The van der Waals surface area contributed by atoms with Crippen LogP contribution in [-0.2, 0) is 13.1 Å². The first-order valence-corrected chi connectivity index (χ1v) is 8.13. The lowest BCUT2D eigenvalue weighted by molar-refractivity contribution is 0.270. The van der Waals surface area contributed by atoms with Gasteiger partial charge in [0.25, 0.3) is 0 Å². The van der Waals surface area contributed by atoms with Crippen molar-refractivity contribution in [1.82, 2.24) is 9.78 Å². The van der Waals surface area contributed by atoms with Gasteiger partial charge in [0.1, 0.15) is 17.3 Å². The zero-order valence-electron chi connectivity index (χ0n) is 14.3. The molecule has 0 bridgehead atoms. The van der Waals surface area contributed by atoms with Gasteiger partial charge >= 0.3 is 0 Å². The summed E-state index contributed by atoms with van der Waals surface area (Å²) in [5.74, 6) is 2.65. The third-order valence-electron chi connectivity index (χ3n) is 4.17. The van der Waals surface area contributed by atoms with Gasteiger partial charge in [-0.25, -0.2) is 4.68 Å². The monoisotopic (exact) mass is 325 g/mol. The Kier molecular flexibility index (Phi) is 4.71. The molecule has 2 aromatic heterocycles. The molecular formula is C19H23N3O2. The maximum Gasteiger partial charge on any atom is 0.134 e. The minimum atomic E-state index is 0.0631. The summed E-state index contributed by atoms with van der Waals surface area (Å²) in [4.78, 5) is 0. The van der Waals surface area contributed by atoms with E-state index in [1.807, 2.05) is 26.0 Å². The summed E-state index contributed by atoms with van der Waals surface area (Å²) in [5.41, 5.74) is 4.36. The number of aliphatic hydroxyl groups is 1. The van der Waals surface area contributed by atoms with E-state index in [4.69, 9.17) is 4.42 Å². The number of nitrogens with zero attached hydrogens (tertiary/aromatic N) is 2. The van der Waals surface area contributed by atoms with Gasteiger partial charge in [-0.3, -0.25) is 0 Å². The highest BCUT2D eigenvalue weighted by atomic mass is 16.3. The first-order chi connectivity index (χ1) is 11.6. The van der Waals surface area contributed by atoms with Crippen LogP contribution in [0.1, 0.15) is 22.6 Å². The number of hydrogen-bond acceptors (Lipinski definition) is 4. The number of aromatic nitrogens is 2. The molecule has 0 radical (unpaired) electrons. The summed E-state index contributed by atoms with van der Waals surface area (Å²) in [5, 5.41) is 17.0. The van der Waals surface area contributed by atoms with Gasteiger partial charge in [-0.15, -0.1) is 0 Å². The fourth-order valence-corrected chi connectivity index (χ4v) is 2.67. The molecule has 3 aromatic rings. The minimum Gasteiger partial charge on any atom is -0.459 e. The van der Waals surface area contributed by atoms with Crippen LogP contribution in [0.3, 0.4) is 0 Å². The van der Waals surface area contributed by atoms with Crippen molar-refractivity contribution < 1.29 is 9.52 Å². The van der Waals surface area contributed by atoms with Gasteiger partial charge in [-0.2, -0.15) is 5.10 Å². The van der Waals surface area contributed by atoms with Crippen molar-refractivity contribution in [2.45, 2.75) is 33.9 Å². The highest BCUT2D eigenvalue weighted by Crippen LogP contribution is 2.24. The molecule has 0 saturated carbocycles. The third-order valence-corrected chi connectivity index (χ3v) is 4.17. The smallest absolute Gasteiger partial charge is 0.134 e. The van der Waals surface area contributed by atoms with E-state index in [-0.39, 0.29) is 6.61 Å². The molecule has 126 valence electrons. The summed E-state index contributed by atoms with van der Waals surface area (Å²) in [6.07, 6.45) is 0. The van der Waals surface area contributed by atoms with E-state index in [1.165, 1.54) is 5.56 Å². The standard InChI is InChI=1S/C19H23N3O2/c1-13-4-6-16(7-5-13)18-9-8-17(24-18)12-20-19-14(2)15(3)21-22(19)10-11-23/h4-9,20,23H,10-12H2,1-3H3. The SMILES string of the molecule is Cc1ccc(-c2ccc(CNc3c(C)c(C)nn3CCO)o2)cc1. The fraction of sp³-hybridized carbons (Fsp3) is 0.316. The Labute approximate surface area is 141 Å². The molecular weight excluding hydrogens is 302 g/mol. The van der Waals surface area contributed by atoms with Gasteiger partial charge < -0.3 is 14.8 Å². The Balaban J connectivity index is 1.73. The molecule has 2 heterocycles. The predicted molar refractivity (Wildman–Crippen MR) is 95.0 cm³/mol. The normalized spacial score (nSPS) is 11.0. The van der Waals surface area contributed by atoms with Crippen LogP contribution in [0.25, 0.3) is 11.3 Å².